The van der Waals surface area contributed by atoms with Gasteiger partial charge in [-0.1, -0.05) is 53.7 Å². The third-order valence-electron chi connectivity index (χ3n) is 5.01. The number of nitrogens with zero attached hydrogens (tertiary/aromatic N) is 3. The topological polar surface area (TPSA) is 96.6 Å². The van der Waals surface area contributed by atoms with Crippen molar-refractivity contribution in [2.45, 2.75) is 19.0 Å². The molecular weight excluding hydrogens is 436 g/mol. The van der Waals surface area contributed by atoms with Gasteiger partial charge in [-0.05, 0) is 50.2 Å². The van der Waals surface area contributed by atoms with Gasteiger partial charge >= 0.3 is 0 Å². The van der Waals surface area contributed by atoms with Crippen LogP contribution in [0.1, 0.15) is 18.1 Å². The Bertz CT molecular complexity index is 1410. The Morgan fingerprint density at radius 2 is 1.76 bits per heavy atom. The standard InChI is InChI=1S/C25H22N4O3S/c1-16-11-13-18(14-12-16)29-24(32)20-8-3-5-9-21(20)26-25(29)33-15-23(31)28-27-17(2)19-7-4-6-10-22(19)30/h3-14,30H,15H2,1-2H3,(H,28,31)/b27-17-. The van der Waals surface area contributed by atoms with Crippen LogP contribution in [0.5, 0.6) is 5.75 Å². The molecular formula is C25H22N4O3S. The summed E-state index contributed by atoms with van der Waals surface area (Å²) in [7, 11) is 0. The SMILES string of the molecule is C/C(=N/NC(=O)CSc1nc2ccccc2c(=O)n1-c1ccc(C)cc1)c1ccccc1O. The van der Waals surface area contributed by atoms with Crippen molar-refractivity contribution < 1.29 is 9.90 Å². The van der Waals surface area contributed by atoms with E-state index in [0.29, 0.717) is 33.0 Å². The maximum absolute atomic E-state index is 13.2. The van der Waals surface area contributed by atoms with Crippen molar-refractivity contribution in [2.75, 3.05) is 5.75 Å². The molecule has 3 aromatic carbocycles. The average Bonchev–Trinajstić information content (AvgIpc) is 2.82. The number of hydrogen-bond acceptors (Lipinski definition) is 6. The largest absolute Gasteiger partial charge is 0.507 e. The van der Waals surface area contributed by atoms with Gasteiger partial charge < -0.3 is 5.11 Å². The number of para-hydroxylation sites is 2. The monoisotopic (exact) mass is 458 g/mol. The number of carbonyl (C=O) groups excluding carboxylic acids is 1. The van der Waals surface area contributed by atoms with Crippen LogP contribution in [0.2, 0.25) is 0 Å². The predicted molar refractivity (Wildman–Crippen MR) is 131 cm³/mol. The number of amides is 1. The zero-order valence-corrected chi connectivity index (χ0v) is 19.0. The van der Waals surface area contributed by atoms with Crippen molar-refractivity contribution in [1.82, 2.24) is 15.0 Å². The van der Waals surface area contributed by atoms with E-state index in [9.17, 15) is 14.7 Å². The maximum Gasteiger partial charge on any atom is 0.266 e. The lowest BCUT2D eigenvalue weighted by molar-refractivity contribution is -0.118. The zero-order chi connectivity index (χ0) is 23.4. The second-order valence-electron chi connectivity index (χ2n) is 7.43. The summed E-state index contributed by atoms with van der Waals surface area (Å²) in [4.78, 5) is 30.3. The van der Waals surface area contributed by atoms with E-state index in [2.05, 4.69) is 15.5 Å². The molecule has 33 heavy (non-hydrogen) atoms. The molecule has 166 valence electrons. The van der Waals surface area contributed by atoms with Gasteiger partial charge in [-0.15, -0.1) is 0 Å². The van der Waals surface area contributed by atoms with Gasteiger partial charge in [0.05, 0.1) is 28.1 Å². The van der Waals surface area contributed by atoms with Gasteiger partial charge in [0.1, 0.15) is 5.75 Å². The molecule has 0 aliphatic carbocycles. The van der Waals surface area contributed by atoms with Crippen LogP contribution in [-0.4, -0.2) is 32.0 Å². The highest BCUT2D eigenvalue weighted by Gasteiger charge is 2.15. The number of benzene rings is 3. The van der Waals surface area contributed by atoms with Crippen molar-refractivity contribution in [3.05, 3.63) is 94.3 Å². The minimum absolute atomic E-state index is 0.00813. The number of aromatic nitrogens is 2. The molecule has 0 aliphatic rings. The molecule has 0 unspecified atom stereocenters. The van der Waals surface area contributed by atoms with Gasteiger partial charge in [0.25, 0.3) is 11.5 Å². The summed E-state index contributed by atoms with van der Waals surface area (Å²) in [5, 5.41) is 14.9. The van der Waals surface area contributed by atoms with Crippen LogP contribution in [0, 0.1) is 6.92 Å². The Morgan fingerprint density at radius 3 is 2.52 bits per heavy atom. The highest BCUT2D eigenvalue weighted by atomic mass is 32.2. The maximum atomic E-state index is 13.2. The lowest BCUT2D eigenvalue weighted by atomic mass is 10.1. The molecule has 0 saturated heterocycles. The molecule has 1 amide bonds. The summed E-state index contributed by atoms with van der Waals surface area (Å²) in [5.41, 5.74) is 5.65. The predicted octanol–water partition coefficient (Wildman–Crippen LogP) is 4.03. The Balaban J connectivity index is 1.59. The first kappa shape index (κ1) is 22.3. The quantitative estimate of drug-likeness (QED) is 0.197. The van der Waals surface area contributed by atoms with Crippen molar-refractivity contribution in [2.24, 2.45) is 5.10 Å². The van der Waals surface area contributed by atoms with Gasteiger partial charge in [0.15, 0.2) is 5.16 Å². The molecule has 0 atom stereocenters. The molecule has 0 fully saturated rings. The molecule has 0 spiro atoms. The Labute approximate surface area is 194 Å². The first-order valence-corrected chi connectivity index (χ1v) is 11.3. The molecule has 2 N–H and O–H groups in total. The molecule has 0 saturated carbocycles. The number of phenols is 1. The molecule has 1 aromatic heterocycles. The van der Waals surface area contributed by atoms with Gasteiger partial charge in [-0.2, -0.15) is 5.10 Å². The third-order valence-corrected chi connectivity index (χ3v) is 5.95. The number of hydrazone groups is 1. The Kier molecular flexibility index (Phi) is 6.55. The van der Waals surface area contributed by atoms with Gasteiger partial charge in [0, 0.05) is 5.56 Å². The minimum Gasteiger partial charge on any atom is -0.507 e. The number of carbonyl (C=O) groups is 1. The van der Waals surface area contributed by atoms with Crippen molar-refractivity contribution in [3.8, 4) is 11.4 Å². The number of thioether (sulfide) groups is 1. The van der Waals surface area contributed by atoms with Crippen LogP contribution in [0.25, 0.3) is 16.6 Å². The summed E-state index contributed by atoms with van der Waals surface area (Å²) < 4.78 is 1.52. The second kappa shape index (κ2) is 9.70. The number of hydrogen-bond donors (Lipinski definition) is 2. The van der Waals surface area contributed by atoms with E-state index < -0.39 is 0 Å². The van der Waals surface area contributed by atoms with E-state index in [0.717, 1.165) is 17.3 Å². The molecule has 8 heteroatoms. The molecule has 0 bridgehead atoms. The van der Waals surface area contributed by atoms with Crippen LogP contribution >= 0.6 is 11.8 Å². The summed E-state index contributed by atoms with van der Waals surface area (Å²) in [6.07, 6.45) is 0. The van der Waals surface area contributed by atoms with Crippen molar-refractivity contribution >= 4 is 34.3 Å². The van der Waals surface area contributed by atoms with E-state index in [4.69, 9.17) is 0 Å². The first-order chi connectivity index (χ1) is 15.9. The van der Waals surface area contributed by atoms with Crippen LogP contribution in [-0.2, 0) is 4.79 Å². The molecule has 0 radical (unpaired) electrons. The first-order valence-electron chi connectivity index (χ1n) is 10.3. The van der Waals surface area contributed by atoms with Crippen LogP contribution in [0.3, 0.4) is 0 Å². The summed E-state index contributed by atoms with van der Waals surface area (Å²) in [6.45, 7) is 3.67. The molecule has 1 heterocycles. The summed E-state index contributed by atoms with van der Waals surface area (Å²) in [6, 6.07) is 21.5. The van der Waals surface area contributed by atoms with E-state index in [-0.39, 0.29) is 23.0 Å². The number of aromatic hydroxyl groups is 1. The number of aryl methyl sites for hydroxylation is 1. The average molecular weight is 459 g/mol. The van der Waals surface area contributed by atoms with E-state index in [1.807, 2.05) is 37.3 Å². The summed E-state index contributed by atoms with van der Waals surface area (Å²) >= 11 is 1.15. The fourth-order valence-corrected chi connectivity index (χ4v) is 4.08. The summed E-state index contributed by atoms with van der Waals surface area (Å²) in [5.74, 6) is -0.258. The van der Waals surface area contributed by atoms with Crippen LogP contribution in [0.4, 0.5) is 0 Å². The van der Waals surface area contributed by atoms with Crippen LogP contribution in [0.15, 0.2) is 87.8 Å². The number of rotatable bonds is 6. The van der Waals surface area contributed by atoms with Gasteiger partial charge in [-0.3, -0.25) is 14.2 Å². The number of phenolic OH excluding ortho intramolecular Hbond substituents is 1. The highest BCUT2D eigenvalue weighted by Crippen LogP contribution is 2.22. The van der Waals surface area contributed by atoms with Crippen molar-refractivity contribution in [1.29, 1.82) is 0 Å². The second-order valence-corrected chi connectivity index (χ2v) is 8.37. The molecule has 4 rings (SSSR count). The Morgan fingerprint density at radius 1 is 1.06 bits per heavy atom. The minimum atomic E-state index is -0.354. The van der Waals surface area contributed by atoms with Gasteiger partial charge in [-0.25, -0.2) is 10.4 Å². The Hall–Kier alpha value is -3.91. The highest BCUT2D eigenvalue weighted by molar-refractivity contribution is 7.99. The lowest BCUT2D eigenvalue weighted by Crippen LogP contribution is -2.24. The number of nitrogens with one attached hydrogen (secondary N) is 1. The van der Waals surface area contributed by atoms with E-state index >= 15 is 0 Å². The normalized spacial score (nSPS) is 11.5. The van der Waals surface area contributed by atoms with Crippen molar-refractivity contribution in [3.63, 3.8) is 0 Å². The van der Waals surface area contributed by atoms with Gasteiger partial charge in [0.2, 0.25) is 0 Å². The van der Waals surface area contributed by atoms with E-state index in [1.54, 1.807) is 49.4 Å². The third kappa shape index (κ3) is 4.96. The van der Waals surface area contributed by atoms with E-state index in [1.165, 1.54) is 4.57 Å². The molecule has 0 aliphatic heterocycles. The fourth-order valence-electron chi connectivity index (χ4n) is 3.28. The smallest absolute Gasteiger partial charge is 0.266 e. The van der Waals surface area contributed by atoms with Crippen LogP contribution < -0.4 is 11.0 Å². The number of fused-ring (bicyclic) bond motifs is 1. The fraction of sp³-hybridized carbons (Fsp3) is 0.120. The lowest BCUT2D eigenvalue weighted by Gasteiger charge is -2.13. The molecule has 7 nitrogen and oxygen atoms in total. The molecule has 4 aromatic rings. The zero-order valence-electron chi connectivity index (χ0n) is 18.1.